The van der Waals surface area contributed by atoms with E-state index < -0.39 is 10.0 Å². The molecule has 2 saturated heterocycles. The van der Waals surface area contributed by atoms with Crippen LogP contribution in [-0.4, -0.2) is 70.7 Å². The van der Waals surface area contributed by atoms with Crippen LogP contribution >= 0.6 is 0 Å². The lowest BCUT2D eigenvalue weighted by atomic mass is 10.1. The van der Waals surface area contributed by atoms with Crippen LogP contribution in [0.5, 0.6) is 11.5 Å². The number of rotatable bonds is 6. The van der Waals surface area contributed by atoms with Crippen LogP contribution < -0.4 is 19.7 Å². The molecule has 5 rings (SSSR count). The van der Waals surface area contributed by atoms with Crippen LogP contribution in [0.15, 0.2) is 47.4 Å². The number of hydrogen-bond donors (Lipinski definition) is 1. The molecule has 1 atom stereocenters. The average molecular weight is 488 g/mol. The standard InChI is InChI=1S/C23H25N3O7S/c27-22-11-16(14-26(22)18-3-6-20-21(12-18)33-15-32-20)13-24-23(28)17-1-4-19(5-2-17)34(29,30)25-7-9-31-10-8-25/h1-6,12,16H,7-11,13-15H2,(H,24,28). The first-order chi connectivity index (χ1) is 16.4. The molecule has 10 nitrogen and oxygen atoms in total. The van der Waals surface area contributed by atoms with Gasteiger partial charge in [0.25, 0.3) is 5.91 Å². The van der Waals surface area contributed by atoms with Crippen molar-refractivity contribution in [1.82, 2.24) is 9.62 Å². The van der Waals surface area contributed by atoms with Gasteiger partial charge in [-0.2, -0.15) is 4.31 Å². The summed E-state index contributed by atoms with van der Waals surface area (Å²) in [5, 5.41) is 2.86. The first-order valence-corrected chi connectivity index (χ1v) is 12.5. The lowest BCUT2D eigenvalue weighted by Gasteiger charge is -2.26. The molecule has 0 bridgehead atoms. The second kappa shape index (κ2) is 9.24. The summed E-state index contributed by atoms with van der Waals surface area (Å²) >= 11 is 0. The van der Waals surface area contributed by atoms with E-state index in [2.05, 4.69) is 5.32 Å². The van der Waals surface area contributed by atoms with E-state index in [4.69, 9.17) is 14.2 Å². The van der Waals surface area contributed by atoms with E-state index in [1.807, 2.05) is 6.07 Å². The number of morpholine rings is 1. The molecular weight excluding hydrogens is 462 g/mol. The maximum atomic E-state index is 12.7. The van der Waals surface area contributed by atoms with Crippen LogP contribution in [0.2, 0.25) is 0 Å². The van der Waals surface area contributed by atoms with Crippen LogP contribution in [0.3, 0.4) is 0 Å². The molecule has 2 aromatic carbocycles. The zero-order valence-electron chi connectivity index (χ0n) is 18.4. The second-order valence-corrected chi connectivity index (χ2v) is 10.3. The number of ether oxygens (including phenoxy) is 3. The quantitative estimate of drug-likeness (QED) is 0.652. The van der Waals surface area contributed by atoms with E-state index in [-0.39, 0.29) is 29.4 Å². The zero-order chi connectivity index (χ0) is 23.7. The van der Waals surface area contributed by atoms with Gasteiger partial charge in [-0.25, -0.2) is 8.42 Å². The number of nitrogens with zero attached hydrogens (tertiary/aromatic N) is 2. The fraction of sp³-hybridized carbons (Fsp3) is 0.391. The Kier molecular flexibility index (Phi) is 6.15. The maximum Gasteiger partial charge on any atom is 0.251 e. The molecule has 2 fully saturated rings. The van der Waals surface area contributed by atoms with Crippen LogP contribution in [-0.2, 0) is 19.6 Å². The zero-order valence-corrected chi connectivity index (χ0v) is 19.3. The molecule has 3 heterocycles. The third-order valence-electron chi connectivity index (χ3n) is 6.15. The number of anilines is 1. The Bertz CT molecular complexity index is 1190. The Hall–Kier alpha value is -3.15. The minimum absolute atomic E-state index is 0.0178. The Morgan fingerprint density at radius 2 is 1.76 bits per heavy atom. The Balaban J connectivity index is 1.17. The van der Waals surface area contributed by atoms with Crippen LogP contribution in [0.4, 0.5) is 5.69 Å². The summed E-state index contributed by atoms with van der Waals surface area (Å²) in [5.41, 5.74) is 1.10. The fourth-order valence-corrected chi connectivity index (χ4v) is 5.68. The van der Waals surface area contributed by atoms with Gasteiger partial charge in [0.15, 0.2) is 11.5 Å². The Labute approximate surface area is 197 Å². The van der Waals surface area contributed by atoms with Crippen molar-refractivity contribution in [2.75, 3.05) is 51.1 Å². The number of benzene rings is 2. The summed E-state index contributed by atoms with van der Waals surface area (Å²) in [6, 6.07) is 11.3. The summed E-state index contributed by atoms with van der Waals surface area (Å²) in [6.45, 7) is 2.35. The molecule has 0 saturated carbocycles. The summed E-state index contributed by atoms with van der Waals surface area (Å²) in [5.74, 6) is 0.895. The lowest BCUT2D eigenvalue weighted by Crippen LogP contribution is -2.40. The summed E-state index contributed by atoms with van der Waals surface area (Å²) in [4.78, 5) is 27.0. The number of fused-ring (bicyclic) bond motifs is 1. The van der Waals surface area contributed by atoms with E-state index in [0.29, 0.717) is 62.9 Å². The molecule has 180 valence electrons. The van der Waals surface area contributed by atoms with E-state index in [9.17, 15) is 18.0 Å². The Morgan fingerprint density at radius 1 is 1.03 bits per heavy atom. The van der Waals surface area contributed by atoms with Gasteiger partial charge in [-0.3, -0.25) is 9.59 Å². The molecular formula is C23H25N3O7S. The summed E-state index contributed by atoms with van der Waals surface area (Å²) in [6.07, 6.45) is 0.325. The number of hydrogen-bond acceptors (Lipinski definition) is 7. The molecule has 1 unspecified atom stereocenters. The number of nitrogens with one attached hydrogen (secondary N) is 1. The molecule has 11 heteroatoms. The van der Waals surface area contributed by atoms with Gasteiger partial charge < -0.3 is 24.4 Å². The molecule has 0 spiro atoms. The minimum Gasteiger partial charge on any atom is -0.454 e. The predicted molar refractivity (Wildman–Crippen MR) is 121 cm³/mol. The van der Waals surface area contributed by atoms with Crippen LogP contribution in [0, 0.1) is 5.92 Å². The van der Waals surface area contributed by atoms with Crippen molar-refractivity contribution in [2.45, 2.75) is 11.3 Å². The smallest absolute Gasteiger partial charge is 0.251 e. The van der Waals surface area contributed by atoms with Crippen molar-refractivity contribution in [3.05, 3.63) is 48.0 Å². The highest BCUT2D eigenvalue weighted by Gasteiger charge is 2.32. The van der Waals surface area contributed by atoms with Gasteiger partial charge in [0.05, 0.1) is 18.1 Å². The highest BCUT2D eigenvalue weighted by atomic mass is 32.2. The van der Waals surface area contributed by atoms with E-state index >= 15 is 0 Å². The van der Waals surface area contributed by atoms with E-state index in [1.54, 1.807) is 17.0 Å². The maximum absolute atomic E-state index is 12.7. The van der Waals surface area contributed by atoms with Crippen molar-refractivity contribution in [2.24, 2.45) is 5.92 Å². The van der Waals surface area contributed by atoms with Gasteiger partial charge in [-0.1, -0.05) is 0 Å². The van der Waals surface area contributed by atoms with E-state index in [1.165, 1.54) is 28.6 Å². The SMILES string of the molecule is O=C(NCC1CC(=O)N(c2ccc3c(c2)OCO3)C1)c1ccc(S(=O)(=O)N2CCOCC2)cc1. The van der Waals surface area contributed by atoms with E-state index in [0.717, 1.165) is 5.69 Å². The first-order valence-electron chi connectivity index (χ1n) is 11.1. The molecule has 1 N–H and O–H groups in total. The van der Waals surface area contributed by atoms with Crippen molar-refractivity contribution >= 4 is 27.5 Å². The largest absolute Gasteiger partial charge is 0.454 e. The predicted octanol–water partition coefficient (Wildman–Crippen LogP) is 1.22. The molecule has 34 heavy (non-hydrogen) atoms. The third-order valence-corrected chi connectivity index (χ3v) is 8.06. The molecule has 2 amide bonds. The number of carbonyl (C=O) groups is 2. The molecule has 0 aromatic heterocycles. The molecule has 3 aliphatic heterocycles. The van der Waals surface area contributed by atoms with Gasteiger partial charge in [0, 0.05) is 55.8 Å². The third kappa shape index (κ3) is 4.46. The van der Waals surface area contributed by atoms with Gasteiger partial charge in [-0.15, -0.1) is 0 Å². The van der Waals surface area contributed by atoms with Gasteiger partial charge in [0.2, 0.25) is 22.7 Å². The highest BCUT2D eigenvalue weighted by molar-refractivity contribution is 7.89. The molecule has 3 aliphatic rings. The first kappa shape index (κ1) is 22.6. The molecule has 0 radical (unpaired) electrons. The molecule has 0 aliphatic carbocycles. The summed E-state index contributed by atoms with van der Waals surface area (Å²) in [7, 11) is -3.61. The molecule has 2 aromatic rings. The van der Waals surface area contributed by atoms with Crippen molar-refractivity contribution in [1.29, 1.82) is 0 Å². The summed E-state index contributed by atoms with van der Waals surface area (Å²) < 4.78 is 42.8. The number of carbonyl (C=O) groups excluding carboxylic acids is 2. The van der Waals surface area contributed by atoms with Gasteiger partial charge >= 0.3 is 0 Å². The highest BCUT2D eigenvalue weighted by Crippen LogP contribution is 2.37. The van der Waals surface area contributed by atoms with Crippen LogP contribution in [0.1, 0.15) is 16.8 Å². The van der Waals surface area contributed by atoms with Gasteiger partial charge in [0.1, 0.15) is 0 Å². The normalized spacial score (nSPS) is 20.5. The monoisotopic (exact) mass is 487 g/mol. The van der Waals surface area contributed by atoms with Crippen molar-refractivity contribution < 1.29 is 32.2 Å². The average Bonchev–Trinajstić information content (AvgIpc) is 3.48. The Morgan fingerprint density at radius 3 is 2.53 bits per heavy atom. The second-order valence-electron chi connectivity index (χ2n) is 8.36. The van der Waals surface area contributed by atoms with Crippen molar-refractivity contribution in [3.8, 4) is 11.5 Å². The lowest BCUT2D eigenvalue weighted by molar-refractivity contribution is -0.117. The number of sulfonamides is 1. The minimum atomic E-state index is -3.61. The topological polar surface area (TPSA) is 114 Å². The number of amides is 2. The van der Waals surface area contributed by atoms with Crippen molar-refractivity contribution in [3.63, 3.8) is 0 Å². The fourth-order valence-electron chi connectivity index (χ4n) is 4.27. The van der Waals surface area contributed by atoms with Crippen LogP contribution in [0.25, 0.3) is 0 Å². The van der Waals surface area contributed by atoms with Gasteiger partial charge in [-0.05, 0) is 36.4 Å².